The van der Waals surface area contributed by atoms with Crippen molar-refractivity contribution in [1.82, 2.24) is 9.80 Å². The number of anilines is 1. The summed E-state index contributed by atoms with van der Waals surface area (Å²) in [6.45, 7) is 6.58. The second-order valence-electron chi connectivity index (χ2n) is 7.95. The highest BCUT2D eigenvalue weighted by Gasteiger charge is 2.26. The average molecular weight is 357 g/mol. The van der Waals surface area contributed by atoms with Crippen molar-refractivity contribution in [1.29, 1.82) is 0 Å². The number of rotatable bonds is 3. The topological polar surface area (TPSA) is 44.8 Å². The van der Waals surface area contributed by atoms with Gasteiger partial charge < -0.3 is 15.0 Å². The number of nitrogens with zero attached hydrogens (tertiary/aromatic N) is 2. The van der Waals surface area contributed by atoms with Crippen LogP contribution in [0.4, 0.5) is 10.5 Å². The third kappa shape index (κ3) is 4.21. The number of piperidine rings is 1. The van der Waals surface area contributed by atoms with Gasteiger partial charge in [0.25, 0.3) is 0 Å². The maximum absolute atomic E-state index is 12.9. The number of aryl methyl sites for hydroxylation is 1. The first-order valence-electron chi connectivity index (χ1n) is 10.3. The quantitative estimate of drug-likeness (QED) is 0.904. The second kappa shape index (κ2) is 8.40. The first-order chi connectivity index (χ1) is 12.8. The molecule has 1 N–H and O–H groups in total. The smallest absolute Gasteiger partial charge is 0.321 e. The maximum atomic E-state index is 12.9. The molecule has 2 saturated heterocycles. The van der Waals surface area contributed by atoms with Gasteiger partial charge >= 0.3 is 6.03 Å². The van der Waals surface area contributed by atoms with Crippen LogP contribution in [-0.4, -0.2) is 61.8 Å². The fraction of sp³-hybridized carbons (Fsp3) is 0.667. The van der Waals surface area contributed by atoms with Gasteiger partial charge in [0.05, 0.1) is 13.2 Å². The van der Waals surface area contributed by atoms with Crippen LogP contribution in [0.25, 0.3) is 0 Å². The number of morpholine rings is 1. The maximum Gasteiger partial charge on any atom is 0.321 e. The molecule has 0 radical (unpaired) electrons. The Bertz CT molecular complexity index is 628. The normalized spacial score (nSPS) is 24.2. The number of hydrogen-bond acceptors (Lipinski definition) is 3. The Morgan fingerprint density at radius 3 is 2.85 bits per heavy atom. The van der Waals surface area contributed by atoms with Gasteiger partial charge in [-0.3, -0.25) is 4.90 Å². The van der Waals surface area contributed by atoms with E-state index >= 15 is 0 Å². The molecule has 1 aromatic rings. The van der Waals surface area contributed by atoms with Crippen molar-refractivity contribution in [3.05, 3.63) is 29.3 Å². The molecule has 0 saturated carbocycles. The fourth-order valence-electron chi connectivity index (χ4n) is 4.64. The van der Waals surface area contributed by atoms with E-state index in [2.05, 4.69) is 28.4 Å². The minimum Gasteiger partial charge on any atom is -0.379 e. The molecule has 26 heavy (non-hydrogen) atoms. The minimum absolute atomic E-state index is 0.0793. The lowest BCUT2D eigenvalue weighted by Crippen LogP contribution is -2.47. The van der Waals surface area contributed by atoms with Crippen molar-refractivity contribution in [2.24, 2.45) is 5.92 Å². The monoisotopic (exact) mass is 357 g/mol. The Kier molecular flexibility index (Phi) is 5.75. The molecule has 2 fully saturated rings. The number of fused-ring (bicyclic) bond motifs is 1. The number of urea groups is 1. The van der Waals surface area contributed by atoms with Crippen LogP contribution in [0.5, 0.6) is 0 Å². The highest BCUT2D eigenvalue weighted by Crippen LogP contribution is 2.28. The molecule has 5 heteroatoms. The molecule has 2 amide bonds. The minimum atomic E-state index is 0.0793. The summed E-state index contributed by atoms with van der Waals surface area (Å²) in [5.41, 5.74) is 3.80. The predicted octanol–water partition coefficient (Wildman–Crippen LogP) is 3.14. The lowest BCUT2D eigenvalue weighted by molar-refractivity contribution is 0.0252. The van der Waals surface area contributed by atoms with Gasteiger partial charge in [-0.1, -0.05) is 12.1 Å². The van der Waals surface area contributed by atoms with Crippen LogP contribution < -0.4 is 5.32 Å². The lowest BCUT2D eigenvalue weighted by Gasteiger charge is -2.37. The molecular weight excluding hydrogens is 326 g/mol. The molecule has 1 aromatic carbocycles. The highest BCUT2D eigenvalue weighted by atomic mass is 16.5. The molecule has 0 aromatic heterocycles. The van der Waals surface area contributed by atoms with Gasteiger partial charge in [-0.15, -0.1) is 0 Å². The zero-order chi connectivity index (χ0) is 17.8. The van der Waals surface area contributed by atoms with E-state index in [1.165, 1.54) is 30.4 Å². The Hall–Kier alpha value is -1.59. The summed E-state index contributed by atoms with van der Waals surface area (Å²) >= 11 is 0. The van der Waals surface area contributed by atoms with E-state index in [1.807, 2.05) is 4.90 Å². The van der Waals surface area contributed by atoms with E-state index in [0.29, 0.717) is 5.92 Å². The SMILES string of the molecule is O=C(Nc1cccc2c1CCCC2)N1CCC[C@H](CN2CCOCC2)C1. The summed E-state index contributed by atoms with van der Waals surface area (Å²) in [6, 6.07) is 6.44. The number of hydrogen-bond donors (Lipinski definition) is 1. The van der Waals surface area contributed by atoms with E-state index in [9.17, 15) is 4.79 Å². The fourth-order valence-corrected chi connectivity index (χ4v) is 4.64. The molecule has 1 atom stereocenters. The summed E-state index contributed by atoms with van der Waals surface area (Å²) in [4.78, 5) is 17.4. The van der Waals surface area contributed by atoms with Crippen LogP contribution in [0.2, 0.25) is 0 Å². The molecule has 2 aliphatic heterocycles. The first kappa shape index (κ1) is 17.8. The Morgan fingerprint density at radius 1 is 1.12 bits per heavy atom. The summed E-state index contributed by atoms with van der Waals surface area (Å²) < 4.78 is 5.44. The van der Waals surface area contributed by atoms with E-state index < -0.39 is 0 Å². The lowest BCUT2D eigenvalue weighted by atomic mass is 9.90. The van der Waals surface area contributed by atoms with Gasteiger partial charge in [-0.05, 0) is 61.6 Å². The van der Waals surface area contributed by atoms with Gasteiger partial charge in [0, 0.05) is 38.4 Å². The van der Waals surface area contributed by atoms with Crippen molar-refractivity contribution < 1.29 is 9.53 Å². The Labute approximate surface area is 156 Å². The molecule has 142 valence electrons. The number of benzene rings is 1. The van der Waals surface area contributed by atoms with Crippen molar-refractivity contribution in [3.63, 3.8) is 0 Å². The van der Waals surface area contributed by atoms with Gasteiger partial charge in [0.1, 0.15) is 0 Å². The molecule has 5 nitrogen and oxygen atoms in total. The third-order valence-corrected chi connectivity index (χ3v) is 6.06. The number of likely N-dealkylation sites (tertiary alicyclic amines) is 1. The molecule has 0 unspecified atom stereocenters. The molecule has 2 heterocycles. The predicted molar refractivity (Wildman–Crippen MR) is 104 cm³/mol. The van der Waals surface area contributed by atoms with E-state index in [0.717, 1.165) is 70.9 Å². The van der Waals surface area contributed by atoms with E-state index in [4.69, 9.17) is 4.74 Å². The Morgan fingerprint density at radius 2 is 1.96 bits per heavy atom. The van der Waals surface area contributed by atoms with Gasteiger partial charge in [-0.2, -0.15) is 0 Å². The standard InChI is InChI=1S/C21H31N3O2/c25-21(22-20-9-3-7-18-6-1-2-8-19(18)20)24-10-4-5-17(16-24)15-23-11-13-26-14-12-23/h3,7,9,17H,1-2,4-6,8,10-16H2,(H,22,25)/t17-/m1/s1. The summed E-state index contributed by atoms with van der Waals surface area (Å²) in [7, 11) is 0. The van der Waals surface area contributed by atoms with Crippen LogP contribution in [0, 0.1) is 5.92 Å². The molecule has 1 aliphatic carbocycles. The first-order valence-corrected chi connectivity index (χ1v) is 10.3. The zero-order valence-electron chi connectivity index (χ0n) is 15.7. The molecule has 0 bridgehead atoms. The number of nitrogens with one attached hydrogen (secondary N) is 1. The molecule has 4 rings (SSSR count). The number of ether oxygens (including phenoxy) is 1. The van der Waals surface area contributed by atoms with Crippen molar-refractivity contribution in [2.45, 2.75) is 38.5 Å². The third-order valence-electron chi connectivity index (χ3n) is 6.06. The highest BCUT2D eigenvalue weighted by molar-refractivity contribution is 5.90. The van der Waals surface area contributed by atoms with Crippen molar-refractivity contribution in [3.8, 4) is 0 Å². The van der Waals surface area contributed by atoms with E-state index in [1.54, 1.807) is 0 Å². The Balaban J connectivity index is 1.35. The molecular formula is C21H31N3O2. The summed E-state index contributed by atoms with van der Waals surface area (Å²) in [6.07, 6.45) is 7.05. The summed E-state index contributed by atoms with van der Waals surface area (Å²) in [5.74, 6) is 0.581. The van der Waals surface area contributed by atoms with Crippen LogP contribution in [0.1, 0.15) is 36.8 Å². The summed E-state index contributed by atoms with van der Waals surface area (Å²) in [5, 5.41) is 3.22. The number of amides is 2. The zero-order valence-corrected chi connectivity index (χ0v) is 15.7. The largest absolute Gasteiger partial charge is 0.379 e. The van der Waals surface area contributed by atoms with Gasteiger partial charge in [-0.25, -0.2) is 4.79 Å². The van der Waals surface area contributed by atoms with Crippen LogP contribution in [0.3, 0.4) is 0 Å². The van der Waals surface area contributed by atoms with E-state index in [-0.39, 0.29) is 6.03 Å². The second-order valence-corrected chi connectivity index (χ2v) is 7.95. The van der Waals surface area contributed by atoms with Crippen LogP contribution in [0.15, 0.2) is 18.2 Å². The van der Waals surface area contributed by atoms with Crippen LogP contribution in [-0.2, 0) is 17.6 Å². The van der Waals surface area contributed by atoms with Crippen LogP contribution >= 0.6 is 0 Å². The molecule has 3 aliphatic rings. The van der Waals surface area contributed by atoms with Crippen molar-refractivity contribution in [2.75, 3.05) is 51.3 Å². The number of carbonyl (C=O) groups is 1. The molecule has 0 spiro atoms. The van der Waals surface area contributed by atoms with Crippen molar-refractivity contribution >= 4 is 11.7 Å². The van der Waals surface area contributed by atoms with Gasteiger partial charge in [0.2, 0.25) is 0 Å². The average Bonchev–Trinajstić information content (AvgIpc) is 2.69. The van der Waals surface area contributed by atoms with Gasteiger partial charge in [0.15, 0.2) is 0 Å². The number of carbonyl (C=O) groups excluding carboxylic acids is 1.